The number of nitrogens with one attached hydrogen (secondary N) is 1. The van der Waals surface area contributed by atoms with E-state index >= 15 is 0 Å². The fraction of sp³-hybridized carbons (Fsp3) is 0.471. The van der Waals surface area contributed by atoms with E-state index in [4.69, 9.17) is 17.5 Å². The summed E-state index contributed by atoms with van der Waals surface area (Å²) < 4.78 is 31.6. The van der Waals surface area contributed by atoms with E-state index in [0.29, 0.717) is 6.04 Å². The molecule has 1 atom stereocenters. The molecule has 1 aliphatic heterocycles. The van der Waals surface area contributed by atoms with Crippen LogP contribution in [-0.2, 0) is 16.8 Å². The molecule has 0 aliphatic carbocycles. The molecule has 1 aromatic carbocycles. The molecular weight excluding hydrogens is 360 g/mol. The molecule has 9 heteroatoms. The average Bonchev–Trinajstić information content (AvgIpc) is 3.00. The van der Waals surface area contributed by atoms with Crippen molar-refractivity contribution in [3.8, 4) is 0 Å². The number of benzene rings is 1. The van der Waals surface area contributed by atoms with Crippen molar-refractivity contribution in [3.05, 3.63) is 45.9 Å². The zero-order valence-electron chi connectivity index (χ0n) is 14.6. The summed E-state index contributed by atoms with van der Waals surface area (Å²) >= 11 is 0. The van der Waals surface area contributed by atoms with Gasteiger partial charge in [-0.2, -0.15) is 8.42 Å². The summed E-state index contributed by atoms with van der Waals surface area (Å²) in [7, 11) is -4.67. The molecular formula is C17H24N2O6S. The van der Waals surface area contributed by atoms with Crippen LogP contribution in [0, 0.1) is 6.92 Å². The summed E-state index contributed by atoms with van der Waals surface area (Å²) in [6, 6.07) is 8.21. The fourth-order valence-corrected chi connectivity index (χ4v) is 3.29. The Hall–Kier alpha value is -1.78. The molecule has 0 radical (unpaired) electrons. The van der Waals surface area contributed by atoms with Crippen LogP contribution in [0.4, 0.5) is 0 Å². The number of aromatic nitrogens is 1. The van der Waals surface area contributed by atoms with Crippen LogP contribution in [0.15, 0.2) is 29.1 Å². The summed E-state index contributed by atoms with van der Waals surface area (Å²) in [6.07, 6.45) is 3.04. The van der Waals surface area contributed by atoms with Crippen LogP contribution in [0.5, 0.6) is 0 Å². The molecule has 3 rings (SSSR count). The number of aliphatic hydroxyl groups is 1. The Balaban J connectivity index is 0.000000431. The molecule has 0 saturated carbocycles. The molecule has 0 amide bonds. The van der Waals surface area contributed by atoms with Crippen LogP contribution in [0.1, 0.15) is 24.1 Å². The molecule has 26 heavy (non-hydrogen) atoms. The lowest BCUT2D eigenvalue weighted by atomic mass is 10.1. The van der Waals surface area contributed by atoms with E-state index in [1.165, 1.54) is 0 Å². The highest BCUT2D eigenvalue weighted by atomic mass is 32.3. The third-order valence-electron chi connectivity index (χ3n) is 4.54. The molecule has 1 aromatic heterocycles. The highest BCUT2D eigenvalue weighted by Crippen LogP contribution is 2.18. The normalized spacial score (nSPS) is 17.9. The van der Waals surface area contributed by atoms with E-state index in [0.717, 1.165) is 54.4 Å². The largest absolute Gasteiger partial charge is 0.395 e. The molecule has 8 nitrogen and oxygen atoms in total. The van der Waals surface area contributed by atoms with Crippen molar-refractivity contribution in [2.45, 2.75) is 32.2 Å². The van der Waals surface area contributed by atoms with E-state index in [-0.39, 0.29) is 12.2 Å². The first kappa shape index (κ1) is 20.5. The van der Waals surface area contributed by atoms with Crippen LogP contribution in [0.3, 0.4) is 0 Å². The van der Waals surface area contributed by atoms with Crippen molar-refractivity contribution in [2.75, 3.05) is 19.7 Å². The first-order valence-corrected chi connectivity index (χ1v) is 9.75. The maximum absolute atomic E-state index is 12.2. The molecule has 0 unspecified atom stereocenters. The maximum Gasteiger partial charge on any atom is 0.394 e. The second kappa shape index (κ2) is 8.74. The quantitative estimate of drug-likeness (QED) is 0.582. The Morgan fingerprint density at radius 2 is 1.96 bits per heavy atom. The van der Waals surface area contributed by atoms with E-state index in [1.807, 2.05) is 25.1 Å². The minimum atomic E-state index is -4.67. The summed E-state index contributed by atoms with van der Waals surface area (Å²) in [5.41, 5.74) is 2.10. The Bertz CT molecular complexity index is 901. The molecule has 1 fully saturated rings. The maximum atomic E-state index is 12.2. The highest BCUT2D eigenvalue weighted by molar-refractivity contribution is 7.79. The predicted molar refractivity (Wildman–Crippen MR) is 98.9 cm³/mol. The number of likely N-dealkylation sites (tertiary alicyclic amines) is 1. The number of hydrogen-bond donors (Lipinski definition) is 4. The SMILES string of the molecule is Cc1cccc2c(=O)[nH]c(CCN3CCC[C@@H]3CO)cc12.O=S(=O)(O)O. The first-order chi connectivity index (χ1) is 12.2. The third-order valence-corrected chi connectivity index (χ3v) is 4.54. The Labute approximate surface area is 152 Å². The third kappa shape index (κ3) is 5.89. The van der Waals surface area contributed by atoms with Gasteiger partial charge >= 0.3 is 10.4 Å². The molecule has 0 bridgehead atoms. The van der Waals surface area contributed by atoms with Crippen molar-refractivity contribution in [1.82, 2.24) is 9.88 Å². The van der Waals surface area contributed by atoms with Gasteiger partial charge < -0.3 is 10.1 Å². The van der Waals surface area contributed by atoms with Crippen LogP contribution < -0.4 is 5.56 Å². The highest BCUT2D eigenvalue weighted by Gasteiger charge is 2.23. The minimum Gasteiger partial charge on any atom is -0.395 e. The van der Waals surface area contributed by atoms with Crippen molar-refractivity contribution < 1.29 is 22.6 Å². The van der Waals surface area contributed by atoms with Gasteiger partial charge in [0, 0.05) is 30.1 Å². The number of aryl methyl sites for hydroxylation is 1. The number of rotatable bonds is 4. The zero-order chi connectivity index (χ0) is 19.3. The number of aliphatic hydroxyl groups excluding tert-OH is 1. The summed E-state index contributed by atoms with van der Waals surface area (Å²) in [6.45, 7) is 4.20. The van der Waals surface area contributed by atoms with Crippen molar-refractivity contribution >= 4 is 21.2 Å². The van der Waals surface area contributed by atoms with Crippen LogP contribution in [0.2, 0.25) is 0 Å². The van der Waals surface area contributed by atoms with Crippen molar-refractivity contribution in [3.63, 3.8) is 0 Å². The van der Waals surface area contributed by atoms with Gasteiger partial charge in [-0.15, -0.1) is 0 Å². The monoisotopic (exact) mass is 384 g/mol. The van der Waals surface area contributed by atoms with Gasteiger partial charge in [-0.05, 0) is 49.4 Å². The van der Waals surface area contributed by atoms with Crippen molar-refractivity contribution in [2.24, 2.45) is 0 Å². The molecule has 0 spiro atoms. The van der Waals surface area contributed by atoms with Crippen LogP contribution in [0.25, 0.3) is 10.8 Å². The van der Waals surface area contributed by atoms with E-state index in [9.17, 15) is 9.90 Å². The molecule has 1 saturated heterocycles. The smallest absolute Gasteiger partial charge is 0.394 e. The number of fused-ring (bicyclic) bond motifs is 1. The van der Waals surface area contributed by atoms with Crippen LogP contribution >= 0.6 is 0 Å². The fourth-order valence-electron chi connectivity index (χ4n) is 3.29. The number of H-pyrrole nitrogens is 1. The van der Waals surface area contributed by atoms with Gasteiger partial charge in [0.15, 0.2) is 0 Å². The van der Waals surface area contributed by atoms with Gasteiger partial charge in [0.25, 0.3) is 5.56 Å². The minimum absolute atomic E-state index is 0.00803. The Kier molecular flexibility index (Phi) is 6.90. The van der Waals surface area contributed by atoms with E-state index in [1.54, 1.807) is 0 Å². The second-order valence-corrected chi connectivity index (χ2v) is 7.27. The van der Waals surface area contributed by atoms with E-state index in [2.05, 4.69) is 16.0 Å². The molecule has 4 N–H and O–H groups in total. The zero-order valence-corrected chi connectivity index (χ0v) is 15.4. The summed E-state index contributed by atoms with van der Waals surface area (Å²) in [4.78, 5) is 17.5. The van der Waals surface area contributed by atoms with Gasteiger partial charge in [-0.1, -0.05) is 12.1 Å². The molecule has 1 aliphatic rings. The lowest BCUT2D eigenvalue weighted by Crippen LogP contribution is -2.34. The molecule has 144 valence electrons. The number of hydrogen-bond acceptors (Lipinski definition) is 5. The number of nitrogens with zero attached hydrogens (tertiary/aromatic N) is 1. The standard InChI is InChI=1S/C17H22N2O2.H2O4S/c1-12-4-2-6-15-16(12)10-13(18-17(15)21)7-9-19-8-3-5-14(19)11-20;1-5(2,3)4/h2,4,6,10,14,20H,3,5,7-9,11H2,1H3,(H,18,21);(H2,1,2,3,4)/t14-;/m1./s1. The summed E-state index contributed by atoms with van der Waals surface area (Å²) in [5.74, 6) is 0. The van der Waals surface area contributed by atoms with Crippen LogP contribution in [-0.4, -0.2) is 58.3 Å². The van der Waals surface area contributed by atoms with Gasteiger partial charge in [-0.25, -0.2) is 0 Å². The van der Waals surface area contributed by atoms with Gasteiger partial charge in [0.05, 0.1) is 6.61 Å². The van der Waals surface area contributed by atoms with Crippen molar-refractivity contribution in [1.29, 1.82) is 0 Å². The predicted octanol–water partition coefficient (Wildman–Crippen LogP) is 1.18. The Morgan fingerprint density at radius 3 is 2.62 bits per heavy atom. The number of pyridine rings is 1. The lowest BCUT2D eigenvalue weighted by Gasteiger charge is -2.22. The van der Waals surface area contributed by atoms with E-state index < -0.39 is 10.4 Å². The second-order valence-electron chi connectivity index (χ2n) is 6.37. The lowest BCUT2D eigenvalue weighted by molar-refractivity contribution is 0.160. The first-order valence-electron chi connectivity index (χ1n) is 8.35. The van der Waals surface area contributed by atoms with Gasteiger partial charge in [-0.3, -0.25) is 18.8 Å². The topological polar surface area (TPSA) is 131 Å². The molecule has 2 aromatic rings. The average molecular weight is 384 g/mol. The van der Waals surface area contributed by atoms with Gasteiger partial charge in [0.1, 0.15) is 0 Å². The molecule has 2 heterocycles. The van der Waals surface area contributed by atoms with Gasteiger partial charge in [0.2, 0.25) is 0 Å². The number of aromatic amines is 1. The summed E-state index contributed by atoms with van der Waals surface area (Å²) in [5, 5.41) is 11.2. The Morgan fingerprint density at radius 1 is 1.27 bits per heavy atom.